The maximum atomic E-state index is 11.8. The number of rotatable bonds is 2. The molecule has 0 aromatic heterocycles. The van der Waals surface area contributed by atoms with E-state index in [9.17, 15) is 4.79 Å². The molecule has 0 spiro atoms. The molecule has 4 atom stereocenters. The Bertz CT molecular complexity index is 547. The zero-order valence-electron chi connectivity index (χ0n) is 10.4. The van der Waals surface area contributed by atoms with Crippen molar-refractivity contribution >= 4 is 5.97 Å². The van der Waals surface area contributed by atoms with Crippen molar-refractivity contribution in [1.29, 1.82) is 0 Å². The first kappa shape index (κ1) is 10.4. The predicted molar refractivity (Wildman–Crippen MR) is 68.6 cm³/mol. The van der Waals surface area contributed by atoms with Crippen molar-refractivity contribution in [2.24, 2.45) is 23.7 Å². The fourth-order valence-corrected chi connectivity index (χ4v) is 3.94. The highest BCUT2D eigenvalue weighted by Crippen LogP contribution is 2.52. The number of hydrogen-bond acceptors (Lipinski definition) is 2. The lowest BCUT2D eigenvalue weighted by Crippen LogP contribution is -2.15. The van der Waals surface area contributed by atoms with Crippen LogP contribution in [-0.4, -0.2) is 13.1 Å². The molecule has 2 nitrogen and oxygen atoms in total. The molecule has 4 bridgehead atoms. The lowest BCUT2D eigenvalue weighted by Gasteiger charge is -2.20. The lowest BCUT2D eigenvalue weighted by molar-refractivity contribution is -0.136. The van der Waals surface area contributed by atoms with Gasteiger partial charge in [-0.3, -0.25) is 0 Å². The van der Waals surface area contributed by atoms with Crippen LogP contribution in [0.4, 0.5) is 0 Å². The standard InChI is InChI=1S/C16H16O2/c1-18-16(17)15-8-10-6-13(14(15)7-10)12-5-9-2-3-11(12)4-9/h2-3,5-6,8-11,14H,4,7H2,1H3. The van der Waals surface area contributed by atoms with E-state index in [1.807, 2.05) is 0 Å². The Morgan fingerprint density at radius 3 is 2.56 bits per heavy atom. The minimum atomic E-state index is -0.146. The van der Waals surface area contributed by atoms with E-state index >= 15 is 0 Å². The summed E-state index contributed by atoms with van der Waals surface area (Å²) < 4.78 is 4.89. The molecule has 0 aromatic carbocycles. The van der Waals surface area contributed by atoms with Crippen LogP contribution in [0.15, 0.2) is 47.1 Å². The van der Waals surface area contributed by atoms with E-state index in [-0.39, 0.29) is 5.97 Å². The van der Waals surface area contributed by atoms with Gasteiger partial charge >= 0.3 is 5.97 Å². The van der Waals surface area contributed by atoms with Crippen molar-refractivity contribution in [3.63, 3.8) is 0 Å². The maximum absolute atomic E-state index is 11.8. The van der Waals surface area contributed by atoms with E-state index in [0.717, 1.165) is 12.0 Å². The smallest absolute Gasteiger partial charge is 0.334 e. The number of esters is 1. The van der Waals surface area contributed by atoms with Crippen LogP contribution in [0.25, 0.3) is 0 Å². The van der Waals surface area contributed by atoms with Gasteiger partial charge in [0.1, 0.15) is 0 Å². The highest BCUT2D eigenvalue weighted by molar-refractivity contribution is 5.91. The van der Waals surface area contributed by atoms with Crippen molar-refractivity contribution < 1.29 is 9.53 Å². The summed E-state index contributed by atoms with van der Waals surface area (Å²) in [6, 6.07) is 0. The first-order valence-electron chi connectivity index (χ1n) is 6.68. The number of allylic oxidation sites excluding steroid dienone is 7. The van der Waals surface area contributed by atoms with Crippen LogP contribution in [0.2, 0.25) is 0 Å². The molecule has 0 radical (unpaired) electrons. The molecule has 0 N–H and O–H groups in total. The highest BCUT2D eigenvalue weighted by Gasteiger charge is 2.42. The summed E-state index contributed by atoms with van der Waals surface area (Å²) >= 11 is 0. The van der Waals surface area contributed by atoms with Gasteiger partial charge in [0, 0.05) is 17.4 Å². The molecule has 0 amide bonds. The van der Waals surface area contributed by atoms with Crippen LogP contribution >= 0.6 is 0 Å². The fourth-order valence-electron chi connectivity index (χ4n) is 3.94. The average molecular weight is 240 g/mol. The van der Waals surface area contributed by atoms with Crippen molar-refractivity contribution in [2.75, 3.05) is 7.11 Å². The summed E-state index contributed by atoms with van der Waals surface area (Å²) in [4.78, 5) is 11.8. The molecule has 92 valence electrons. The van der Waals surface area contributed by atoms with Crippen LogP contribution in [0.5, 0.6) is 0 Å². The third-order valence-electron chi connectivity index (χ3n) is 4.71. The van der Waals surface area contributed by atoms with E-state index in [1.54, 1.807) is 0 Å². The van der Waals surface area contributed by atoms with Gasteiger partial charge in [-0.25, -0.2) is 4.79 Å². The van der Waals surface area contributed by atoms with E-state index in [4.69, 9.17) is 4.74 Å². The largest absolute Gasteiger partial charge is 0.466 e. The maximum Gasteiger partial charge on any atom is 0.334 e. The second-order valence-electron chi connectivity index (χ2n) is 5.70. The van der Waals surface area contributed by atoms with E-state index < -0.39 is 0 Å². The Balaban J connectivity index is 1.65. The van der Waals surface area contributed by atoms with Gasteiger partial charge in [-0.05, 0) is 35.8 Å². The van der Waals surface area contributed by atoms with Crippen LogP contribution in [-0.2, 0) is 9.53 Å². The summed E-state index contributed by atoms with van der Waals surface area (Å²) in [6.07, 6.45) is 13.8. The SMILES string of the molecule is COC(=O)C1=CC2C=C(C3=CC4C=CC3C4)C1C2. The van der Waals surface area contributed by atoms with Crippen LogP contribution in [0, 0.1) is 23.7 Å². The lowest BCUT2D eigenvalue weighted by atomic mass is 9.85. The normalized spacial score (nSPS) is 38.8. The molecule has 2 heteroatoms. The molecule has 4 aliphatic carbocycles. The fraction of sp³-hybridized carbons (Fsp3) is 0.438. The summed E-state index contributed by atoms with van der Waals surface area (Å²) in [7, 11) is 1.47. The molecule has 0 aromatic rings. The van der Waals surface area contributed by atoms with Gasteiger partial charge in [0.15, 0.2) is 0 Å². The third-order valence-corrected chi connectivity index (χ3v) is 4.71. The van der Waals surface area contributed by atoms with Crippen LogP contribution in [0.3, 0.4) is 0 Å². The minimum Gasteiger partial charge on any atom is -0.466 e. The number of carbonyl (C=O) groups excluding carboxylic acids is 1. The molecule has 4 unspecified atom stereocenters. The van der Waals surface area contributed by atoms with Crippen molar-refractivity contribution in [3.8, 4) is 0 Å². The second-order valence-corrected chi connectivity index (χ2v) is 5.70. The number of ether oxygens (including phenoxy) is 1. The van der Waals surface area contributed by atoms with Crippen LogP contribution < -0.4 is 0 Å². The zero-order valence-corrected chi connectivity index (χ0v) is 10.4. The number of fused-ring (bicyclic) bond motifs is 4. The zero-order chi connectivity index (χ0) is 12.3. The minimum absolute atomic E-state index is 0.146. The second kappa shape index (κ2) is 3.47. The number of hydrogen-bond donors (Lipinski definition) is 0. The molecule has 0 aliphatic heterocycles. The number of carbonyl (C=O) groups is 1. The molecular formula is C16H16O2. The quantitative estimate of drug-likeness (QED) is 0.548. The Labute approximate surface area is 107 Å². The summed E-state index contributed by atoms with van der Waals surface area (Å²) in [5.74, 6) is 1.83. The Kier molecular flexibility index (Phi) is 2.00. The van der Waals surface area contributed by atoms with E-state index in [0.29, 0.717) is 23.7 Å². The topological polar surface area (TPSA) is 26.3 Å². The van der Waals surface area contributed by atoms with Crippen LogP contribution in [0.1, 0.15) is 12.8 Å². The van der Waals surface area contributed by atoms with Crippen molar-refractivity contribution in [1.82, 2.24) is 0 Å². The number of methoxy groups -OCH3 is 1. The summed E-state index contributed by atoms with van der Waals surface area (Å²) in [6.45, 7) is 0. The van der Waals surface area contributed by atoms with Gasteiger partial charge in [0.05, 0.1) is 7.11 Å². The van der Waals surface area contributed by atoms with E-state index in [2.05, 4.69) is 30.4 Å². The highest BCUT2D eigenvalue weighted by atomic mass is 16.5. The summed E-state index contributed by atoms with van der Waals surface area (Å²) in [5.41, 5.74) is 3.76. The Morgan fingerprint density at radius 1 is 1.11 bits per heavy atom. The van der Waals surface area contributed by atoms with Crippen molar-refractivity contribution in [3.05, 3.63) is 47.1 Å². The van der Waals surface area contributed by atoms with Gasteiger partial charge in [-0.15, -0.1) is 0 Å². The molecule has 4 aliphatic rings. The third kappa shape index (κ3) is 1.26. The summed E-state index contributed by atoms with van der Waals surface area (Å²) in [5, 5.41) is 0. The molecule has 0 fully saturated rings. The van der Waals surface area contributed by atoms with Gasteiger partial charge in [0.25, 0.3) is 0 Å². The molecule has 0 saturated heterocycles. The van der Waals surface area contributed by atoms with Crippen molar-refractivity contribution in [2.45, 2.75) is 12.8 Å². The van der Waals surface area contributed by atoms with Gasteiger partial charge < -0.3 is 4.74 Å². The molecule has 0 saturated carbocycles. The molecule has 0 heterocycles. The molecular weight excluding hydrogens is 224 g/mol. The molecule has 18 heavy (non-hydrogen) atoms. The predicted octanol–water partition coefficient (Wildman–Crippen LogP) is 2.79. The van der Waals surface area contributed by atoms with E-state index in [1.165, 1.54) is 24.7 Å². The first-order valence-corrected chi connectivity index (χ1v) is 6.68. The Hall–Kier alpha value is -1.57. The Morgan fingerprint density at radius 2 is 1.94 bits per heavy atom. The van der Waals surface area contributed by atoms with Gasteiger partial charge in [-0.2, -0.15) is 0 Å². The molecule has 4 rings (SSSR count). The monoisotopic (exact) mass is 240 g/mol. The van der Waals surface area contributed by atoms with Gasteiger partial charge in [-0.1, -0.05) is 30.4 Å². The average Bonchev–Trinajstić information content (AvgIpc) is 3.14. The first-order chi connectivity index (χ1) is 8.76. The van der Waals surface area contributed by atoms with Gasteiger partial charge in [0.2, 0.25) is 0 Å².